The van der Waals surface area contributed by atoms with Gasteiger partial charge in [-0.05, 0) is 34.1 Å². The van der Waals surface area contributed by atoms with Crippen LogP contribution in [0.1, 0.15) is 5.69 Å². The van der Waals surface area contributed by atoms with Gasteiger partial charge in [0.25, 0.3) is 0 Å². The van der Waals surface area contributed by atoms with Crippen LogP contribution in [0.3, 0.4) is 0 Å². The largest absolute Gasteiger partial charge is 0.399 e. The van der Waals surface area contributed by atoms with E-state index in [0.717, 1.165) is 25.5 Å². The number of hydrogen-bond donors (Lipinski definition) is 2. The van der Waals surface area contributed by atoms with E-state index in [9.17, 15) is 0 Å². The number of nitrogens with one attached hydrogen (secondary N) is 1. The highest BCUT2D eigenvalue weighted by atomic mass is 79.9. The van der Waals surface area contributed by atoms with Crippen LogP contribution in [-0.4, -0.2) is 15.0 Å². The van der Waals surface area contributed by atoms with Gasteiger partial charge in [-0.25, -0.2) is 9.97 Å². The van der Waals surface area contributed by atoms with Crippen molar-refractivity contribution in [2.24, 2.45) is 0 Å². The Bertz CT molecular complexity index is 727. The molecule has 0 radical (unpaired) electrons. The Morgan fingerprint density at radius 3 is 3.00 bits per heavy atom. The van der Waals surface area contributed by atoms with E-state index in [1.807, 2.05) is 12.1 Å². The molecule has 19 heavy (non-hydrogen) atoms. The number of nitrogen functional groups attached to an aromatic ring is 1. The Hall–Kier alpha value is -1.73. The molecule has 3 heterocycles. The first-order valence-electron chi connectivity index (χ1n) is 5.57. The van der Waals surface area contributed by atoms with Gasteiger partial charge in [0.1, 0.15) is 12.1 Å². The molecular weight excluding hydrogens is 326 g/mol. The zero-order valence-electron chi connectivity index (χ0n) is 9.80. The van der Waals surface area contributed by atoms with E-state index < -0.39 is 0 Å². The van der Waals surface area contributed by atoms with Crippen molar-refractivity contribution in [1.29, 1.82) is 0 Å². The first-order chi connectivity index (χ1) is 9.22. The molecule has 96 valence electrons. The monoisotopic (exact) mass is 335 g/mol. The maximum atomic E-state index is 5.72. The van der Waals surface area contributed by atoms with Gasteiger partial charge in [-0.3, -0.25) is 4.98 Å². The van der Waals surface area contributed by atoms with Crippen LogP contribution in [-0.2, 0) is 6.54 Å². The normalized spacial score (nSPS) is 10.8. The third-order valence-corrected chi connectivity index (χ3v) is 4.19. The van der Waals surface area contributed by atoms with Gasteiger partial charge in [-0.2, -0.15) is 0 Å². The van der Waals surface area contributed by atoms with Gasteiger partial charge < -0.3 is 11.1 Å². The third kappa shape index (κ3) is 2.66. The van der Waals surface area contributed by atoms with E-state index in [1.165, 1.54) is 0 Å². The maximum absolute atomic E-state index is 5.72. The zero-order chi connectivity index (χ0) is 13.2. The van der Waals surface area contributed by atoms with Gasteiger partial charge >= 0.3 is 0 Å². The van der Waals surface area contributed by atoms with Crippen molar-refractivity contribution in [2.75, 3.05) is 11.1 Å². The topological polar surface area (TPSA) is 76.7 Å². The highest BCUT2D eigenvalue weighted by Crippen LogP contribution is 2.32. The Balaban J connectivity index is 1.85. The average molecular weight is 336 g/mol. The molecule has 0 amide bonds. The molecular formula is C12H10BrN5S. The quantitative estimate of drug-likeness (QED) is 0.769. The average Bonchev–Trinajstić information content (AvgIpc) is 2.77. The molecule has 5 nitrogen and oxygen atoms in total. The lowest BCUT2D eigenvalue weighted by molar-refractivity contribution is 1.03. The lowest BCUT2D eigenvalue weighted by atomic mass is 10.3. The number of hydrogen-bond acceptors (Lipinski definition) is 6. The van der Waals surface area contributed by atoms with Crippen molar-refractivity contribution in [3.63, 3.8) is 0 Å². The number of anilines is 2. The minimum absolute atomic E-state index is 0.576. The summed E-state index contributed by atoms with van der Waals surface area (Å²) in [6.07, 6.45) is 3.25. The molecule has 0 fully saturated rings. The molecule has 0 unspecified atom stereocenters. The van der Waals surface area contributed by atoms with Gasteiger partial charge in [-0.15, -0.1) is 11.3 Å². The Labute approximate surface area is 122 Å². The highest BCUT2D eigenvalue weighted by Gasteiger charge is 2.07. The molecule has 0 saturated heterocycles. The molecule has 0 atom stereocenters. The van der Waals surface area contributed by atoms with E-state index in [2.05, 4.69) is 36.2 Å². The van der Waals surface area contributed by atoms with E-state index in [0.29, 0.717) is 12.2 Å². The second-order valence-electron chi connectivity index (χ2n) is 3.92. The highest BCUT2D eigenvalue weighted by molar-refractivity contribution is 9.11. The molecule has 0 aliphatic heterocycles. The molecule has 0 spiro atoms. The number of aromatic nitrogens is 3. The summed E-state index contributed by atoms with van der Waals surface area (Å²) in [4.78, 5) is 12.7. The fourth-order valence-electron chi connectivity index (χ4n) is 1.72. The molecule has 7 heteroatoms. The van der Waals surface area contributed by atoms with Crippen LogP contribution in [0.25, 0.3) is 10.2 Å². The molecule has 0 bridgehead atoms. The molecule has 3 N–H and O–H groups in total. The van der Waals surface area contributed by atoms with Crippen LogP contribution in [0, 0.1) is 0 Å². The van der Waals surface area contributed by atoms with Crippen LogP contribution in [0.15, 0.2) is 34.5 Å². The molecule has 0 saturated carbocycles. The van der Waals surface area contributed by atoms with Crippen LogP contribution >= 0.6 is 27.3 Å². The SMILES string of the molecule is Nc1ccnc(CNc2ncnc3cc(Br)sc23)c1. The van der Waals surface area contributed by atoms with E-state index in [1.54, 1.807) is 29.9 Å². The molecule has 3 aromatic rings. The second-order valence-corrected chi connectivity index (χ2v) is 6.35. The Kier molecular flexibility index (Phi) is 3.31. The van der Waals surface area contributed by atoms with Crippen molar-refractivity contribution in [2.45, 2.75) is 6.54 Å². The molecule has 0 aliphatic rings. The van der Waals surface area contributed by atoms with Gasteiger partial charge in [0.15, 0.2) is 0 Å². The zero-order valence-corrected chi connectivity index (χ0v) is 12.2. The second kappa shape index (κ2) is 5.10. The van der Waals surface area contributed by atoms with E-state index in [-0.39, 0.29) is 0 Å². The summed E-state index contributed by atoms with van der Waals surface area (Å²) in [5.74, 6) is 0.810. The summed E-state index contributed by atoms with van der Waals surface area (Å²) in [5.41, 5.74) is 8.23. The third-order valence-electron chi connectivity index (χ3n) is 2.56. The van der Waals surface area contributed by atoms with Crippen LogP contribution in [0.5, 0.6) is 0 Å². The van der Waals surface area contributed by atoms with Gasteiger partial charge in [0.05, 0.1) is 26.2 Å². The first-order valence-corrected chi connectivity index (χ1v) is 7.17. The summed E-state index contributed by atoms with van der Waals surface area (Å²) >= 11 is 5.06. The van der Waals surface area contributed by atoms with Crippen molar-refractivity contribution >= 4 is 49.0 Å². The molecule has 0 aromatic carbocycles. The molecule has 3 aromatic heterocycles. The van der Waals surface area contributed by atoms with Gasteiger partial charge in [-0.1, -0.05) is 0 Å². The minimum atomic E-state index is 0.576. The predicted molar refractivity (Wildman–Crippen MR) is 81.1 cm³/mol. The summed E-state index contributed by atoms with van der Waals surface area (Å²) in [7, 11) is 0. The van der Waals surface area contributed by atoms with Crippen molar-refractivity contribution < 1.29 is 0 Å². The predicted octanol–water partition coefficient (Wildman–Crippen LogP) is 3.04. The minimum Gasteiger partial charge on any atom is -0.399 e. The molecule has 3 rings (SSSR count). The number of nitrogens with two attached hydrogens (primary N) is 1. The van der Waals surface area contributed by atoms with E-state index in [4.69, 9.17) is 5.73 Å². The summed E-state index contributed by atoms with van der Waals surface area (Å²) in [6.45, 7) is 0.576. The fourth-order valence-corrected chi connectivity index (χ4v) is 3.22. The smallest absolute Gasteiger partial charge is 0.147 e. The fraction of sp³-hybridized carbons (Fsp3) is 0.0833. The van der Waals surface area contributed by atoms with Crippen LogP contribution in [0.4, 0.5) is 11.5 Å². The Morgan fingerprint density at radius 2 is 2.16 bits per heavy atom. The standard InChI is InChI=1S/C12H10BrN5S/c13-10-4-9-11(19-10)12(18-6-17-9)16-5-8-3-7(14)1-2-15-8/h1-4,6H,5H2,(H2,14,15)(H,16,17,18). The lowest BCUT2D eigenvalue weighted by Gasteiger charge is -2.06. The van der Waals surface area contributed by atoms with Gasteiger partial charge in [0, 0.05) is 11.9 Å². The van der Waals surface area contributed by atoms with Gasteiger partial charge in [0.2, 0.25) is 0 Å². The number of halogens is 1. The summed E-state index contributed by atoms with van der Waals surface area (Å²) in [6, 6.07) is 5.59. The molecule has 0 aliphatic carbocycles. The summed E-state index contributed by atoms with van der Waals surface area (Å²) < 4.78 is 2.06. The maximum Gasteiger partial charge on any atom is 0.147 e. The Morgan fingerprint density at radius 1 is 1.26 bits per heavy atom. The van der Waals surface area contributed by atoms with Crippen molar-refractivity contribution in [1.82, 2.24) is 15.0 Å². The van der Waals surface area contributed by atoms with Crippen molar-refractivity contribution in [3.05, 3.63) is 40.2 Å². The van der Waals surface area contributed by atoms with Crippen LogP contribution in [0.2, 0.25) is 0 Å². The number of nitrogens with zero attached hydrogens (tertiary/aromatic N) is 3. The van der Waals surface area contributed by atoms with Crippen molar-refractivity contribution in [3.8, 4) is 0 Å². The summed E-state index contributed by atoms with van der Waals surface area (Å²) in [5, 5.41) is 3.26. The number of rotatable bonds is 3. The number of thiophene rings is 1. The van der Waals surface area contributed by atoms with Crippen LogP contribution < -0.4 is 11.1 Å². The number of fused-ring (bicyclic) bond motifs is 1. The first kappa shape index (κ1) is 12.3. The lowest BCUT2D eigenvalue weighted by Crippen LogP contribution is -2.04. The van der Waals surface area contributed by atoms with E-state index >= 15 is 0 Å². The number of pyridine rings is 1.